The standard InChI is InChI=1S/C40H40N2O4/c43-38-36(25-30-13-5-1-6-14-30)41(27-32-15-7-2-8-16-32)40(45)42(28-33-17-9-3-10-18-33)37(39(38)44)26-31-21-23-35(24-22-31)46-29-34-19-11-4-12-20-34/h1-24,36-39,43-44H,25-29H2/t36?,37-,38+,39+/m1/s1. The quantitative estimate of drug-likeness (QED) is 0.175. The van der Waals surface area contributed by atoms with Gasteiger partial charge in [0.2, 0.25) is 0 Å². The molecule has 2 amide bonds. The lowest BCUT2D eigenvalue weighted by Crippen LogP contribution is -2.50. The molecule has 1 aliphatic rings. The van der Waals surface area contributed by atoms with Crippen molar-refractivity contribution in [3.05, 3.63) is 173 Å². The van der Waals surface area contributed by atoms with Gasteiger partial charge < -0.3 is 24.7 Å². The fourth-order valence-corrected chi connectivity index (χ4v) is 6.22. The van der Waals surface area contributed by atoms with Gasteiger partial charge in [-0.1, -0.05) is 133 Å². The Morgan fingerprint density at radius 3 is 1.28 bits per heavy atom. The summed E-state index contributed by atoms with van der Waals surface area (Å²) >= 11 is 0. The van der Waals surface area contributed by atoms with Gasteiger partial charge in [0.05, 0.1) is 12.1 Å². The Bertz CT molecular complexity index is 1650. The van der Waals surface area contributed by atoms with Crippen LogP contribution in [-0.4, -0.2) is 50.3 Å². The van der Waals surface area contributed by atoms with E-state index in [1.807, 2.05) is 146 Å². The minimum Gasteiger partial charge on any atom is -0.489 e. The van der Waals surface area contributed by atoms with Crippen molar-refractivity contribution >= 4 is 6.03 Å². The van der Waals surface area contributed by atoms with E-state index >= 15 is 0 Å². The minimum atomic E-state index is -1.18. The number of aliphatic hydroxyl groups is 2. The first kappa shape index (κ1) is 31.1. The van der Waals surface area contributed by atoms with Crippen LogP contribution in [0.4, 0.5) is 4.79 Å². The van der Waals surface area contributed by atoms with Gasteiger partial charge in [-0.15, -0.1) is 0 Å². The van der Waals surface area contributed by atoms with Gasteiger partial charge in [0.25, 0.3) is 0 Å². The number of aliphatic hydroxyl groups excluding tert-OH is 2. The maximum Gasteiger partial charge on any atom is 0.321 e. The molecule has 6 heteroatoms. The fraction of sp³-hybridized carbons (Fsp3) is 0.225. The third kappa shape index (κ3) is 7.65. The maximum atomic E-state index is 14.7. The molecule has 6 nitrogen and oxygen atoms in total. The second kappa shape index (κ2) is 14.9. The first-order valence-corrected chi connectivity index (χ1v) is 15.9. The number of rotatable bonds is 11. The summed E-state index contributed by atoms with van der Waals surface area (Å²) in [7, 11) is 0. The van der Waals surface area contributed by atoms with E-state index in [1.54, 1.807) is 9.80 Å². The van der Waals surface area contributed by atoms with Crippen molar-refractivity contribution in [3.8, 4) is 5.75 Å². The molecule has 1 aliphatic heterocycles. The Labute approximate surface area is 271 Å². The van der Waals surface area contributed by atoms with Crippen LogP contribution in [0.2, 0.25) is 0 Å². The Kier molecular flexibility index (Phi) is 10.1. The van der Waals surface area contributed by atoms with Crippen molar-refractivity contribution < 1.29 is 19.7 Å². The normalized spacial score (nSPS) is 19.9. The molecule has 4 atom stereocenters. The van der Waals surface area contributed by atoms with Gasteiger partial charge in [-0.3, -0.25) is 0 Å². The van der Waals surface area contributed by atoms with Crippen LogP contribution in [0.3, 0.4) is 0 Å². The average molecular weight is 613 g/mol. The number of hydrogen-bond acceptors (Lipinski definition) is 4. The molecular formula is C40H40N2O4. The summed E-state index contributed by atoms with van der Waals surface area (Å²) in [6.45, 7) is 1.08. The van der Waals surface area contributed by atoms with E-state index in [2.05, 4.69) is 0 Å². The molecule has 0 spiro atoms. The van der Waals surface area contributed by atoms with E-state index in [9.17, 15) is 15.0 Å². The average Bonchev–Trinajstić information content (AvgIpc) is 3.17. The summed E-state index contributed by atoms with van der Waals surface area (Å²) < 4.78 is 5.99. The largest absolute Gasteiger partial charge is 0.489 e. The molecule has 2 N–H and O–H groups in total. The summed E-state index contributed by atoms with van der Waals surface area (Å²) in [6, 6.07) is 45.8. The number of carbonyl (C=O) groups excluding carboxylic acids is 1. The minimum absolute atomic E-state index is 0.211. The zero-order chi connectivity index (χ0) is 31.7. The van der Waals surface area contributed by atoms with Crippen LogP contribution in [0.25, 0.3) is 0 Å². The van der Waals surface area contributed by atoms with E-state index in [0.29, 0.717) is 32.5 Å². The summed E-state index contributed by atoms with van der Waals surface area (Å²) in [4.78, 5) is 18.2. The highest BCUT2D eigenvalue weighted by Crippen LogP contribution is 2.30. The molecule has 6 rings (SSSR count). The Balaban J connectivity index is 1.32. The van der Waals surface area contributed by atoms with Gasteiger partial charge in [0, 0.05) is 13.1 Å². The molecule has 0 bridgehead atoms. The van der Waals surface area contributed by atoms with Crippen LogP contribution >= 0.6 is 0 Å². The van der Waals surface area contributed by atoms with Crippen molar-refractivity contribution in [2.24, 2.45) is 0 Å². The topological polar surface area (TPSA) is 73.2 Å². The van der Waals surface area contributed by atoms with Crippen LogP contribution in [0.5, 0.6) is 5.75 Å². The van der Waals surface area contributed by atoms with Gasteiger partial charge in [-0.2, -0.15) is 0 Å². The van der Waals surface area contributed by atoms with Gasteiger partial charge in [0.15, 0.2) is 0 Å². The van der Waals surface area contributed by atoms with E-state index in [4.69, 9.17) is 4.74 Å². The van der Waals surface area contributed by atoms with E-state index in [0.717, 1.165) is 33.6 Å². The summed E-state index contributed by atoms with van der Waals surface area (Å²) in [5.41, 5.74) is 4.92. The molecule has 1 heterocycles. The molecule has 1 saturated heterocycles. The van der Waals surface area contributed by atoms with Gasteiger partial charge in [-0.05, 0) is 52.8 Å². The zero-order valence-electron chi connectivity index (χ0n) is 25.8. The van der Waals surface area contributed by atoms with Crippen LogP contribution < -0.4 is 4.74 Å². The molecule has 46 heavy (non-hydrogen) atoms. The molecule has 0 aromatic heterocycles. The van der Waals surface area contributed by atoms with Crippen molar-refractivity contribution in [2.75, 3.05) is 0 Å². The molecular weight excluding hydrogens is 572 g/mol. The number of urea groups is 1. The highest BCUT2D eigenvalue weighted by atomic mass is 16.5. The van der Waals surface area contributed by atoms with E-state index in [-0.39, 0.29) is 6.03 Å². The highest BCUT2D eigenvalue weighted by molar-refractivity contribution is 5.76. The Morgan fingerprint density at radius 1 is 0.478 bits per heavy atom. The van der Waals surface area contributed by atoms with Crippen LogP contribution in [0, 0.1) is 0 Å². The smallest absolute Gasteiger partial charge is 0.321 e. The first-order chi connectivity index (χ1) is 22.5. The second-order valence-electron chi connectivity index (χ2n) is 11.9. The predicted molar refractivity (Wildman–Crippen MR) is 180 cm³/mol. The lowest BCUT2D eigenvalue weighted by molar-refractivity contribution is -0.0408. The van der Waals surface area contributed by atoms with Crippen molar-refractivity contribution in [2.45, 2.75) is 56.8 Å². The number of ether oxygens (including phenoxy) is 1. The van der Waals surface area contributed by atoms with E-state index < -0.39 is 24.3 Å². The van der Waals surface area contributed by atoms with Gasteiger partial charge in [0.1, 0.15) is 24.6 Å². The first-order valence-electron chi connectivity index (χ1n) is 15.9. The maximum absolute atomic E-state index is 14.7. The van der Waals surface area contributed by atoms with Crippen molar-refractivity contribution in [1.82, 2.24) is 9.80 Å². The van der Waals surface area contributed by atoms with Crippen molar-refractivity contribution in [1.29, 1.82) is 0 Å². The molecule has 5 aromatic carbocycles. The number of carbonyl (C=O) groups is 1. The monoisotopic (exact) mass is 612 g/mol. The van der Waals surface area contributed by atoms with Crippen LogP contribution in [0.1, 0.15) is 27.8 Å². The molecule has 0 aliphatic carbocycles. The third-order valence-corrected chi connectivity index (χ3v) is 8.73. The molecule has 5 aromatic rings. The van der Waals surface area contributed by atoms with E-state index in [1.165, 1.54) is 0 Å². The number of benzene rings is 5. The van der Waals surface area contributed by atoms with Crippen LogP contribution in [-0.2, 0) is 32.5 Å². The highest BCUT2D eigenvalue weighted by Gasteiger charge is 2.46. The Hall–Kier alpha value is -4.91. The number of nitrogens with zero attached hydrogens (tertiary/aromatic N) is 2. The lowest BCUT2D eigenvalue weighted by Gasteiger charge is -2.36. The third-order valence-electron chi connectivity index (χ3n) is 8.73. The molecule has 234 valence electrons. The fourth-order valence-electron chi connectivity index (χ4n) is 6.22. The summed E-state index contributed by atoms with van der Waals surface area (Å²) in [6.07, 6.45) is -1.58. The number of amides is 2. The van der Waals surface area contributed by atoms with Gasteiger partial charge >= 0.3 is 6.03 Å². The zero-order valence-corrected chi connectivity index (χ0v) is 25.8. The van der Waals surface area contributed by atoms with Gasteiger partial charge in [-0.25, -0.2) is 4.79 Å². The lowest BCUT2D eigenvalue weighted by atomic mass is 9.91. The van der Waals surface area contributed by atoms with Crippen molar-refractivity contribution in [3.63, 3.8) is 0 Å². The van der Waals surface area contributed by atoms with Crippen LogP contribution in [0.15, 0.2) is 146 Å². The molecule has 0 radical (unpaired) electrons. The Morgan fingerprint density at radius 2 is 0.848 bits per heavy atom. The predicted octanol–water partition coefficient (Wildman–Crippen LogP) is 6.65. The molecule has 1 fully saturated rings. The summed E-state index contributed by atoms with van der Waals surface area (Å²) in [5.74, 6) is 0.739. The molecule has 1 unspecified atom stereocenters. The second-order valence-corrected chi connectivity index (χ2v) is 11.9. The summed E-state index contributed by atoms with van der Waals surface area (Å²) in [5, 5.41) is 23.9. The number of hydrogen-bond donors (Lipinski definition) is 2. The SMILES string of the molecule is O=C1N(Cc2ccccc2)C(Cc2ccccc2)[C@H](O)[C@@H](O)[C@@H](Cc2ccc(OCc3ccccc3)cc2)N1Cc1ccccc1. The molecule has 0 saturated carbocycles.